The van der Waals surface area contributed by atoms with Gasteiger partial charge in [-0.25, -0.2) is 0 Å². The molecule has 1 heteroatoms. The van der Waals surface area contributed by atoms with Crippen LogP contribution in [0.3, 0.4) is 0 Å². The van der Waals surface area contributed by atoms with E-state index in [1.807, 2.05) is 0 Å². The van der Waals surface area contributed by atoms with Gasteiger partial charge in [0.25, 0.3) is 0 Å². The maximum absolute atomic E-state index is 6.11. The molecule has 0 aromatic heterocycles. The third-order valence-electron chi connectivity index (χ3n) is 1.95. The Balaban J connectivity index is 2.20. The molecule has 0 amide bonds. The van der Waals surface area contributed by atoms with Crippen molar-refractivity contribution in [2.45, 2.75) is 43.9 Å². The van der Waals surface area contributed by atoms with Crippen molar-refractivity contribution in [1.29, 1.82) is 0 Å². The minimum atomic E-state index is 0.245. The zero-order chi connectivity index (χ0) is 6.04. The minimum Gasteiger partial charge on any atom is -0.119 e. The van der Waals surface area contributed by atoms with Gasteiger partial charge in [-0.1, -0.05) is 13.3 Å². The molecule has 1 aliphatic rings. The topological polar surface area (TPSA) is 0 Å². The van der Waals surface area contributed by atoms with Gasteiger partial charge in [-0.05, 0) is 25.7 Å². The molecule has 0 saturated heterocycles. The normalized spacial score (nSPS) is 24.8. The smallest absolute Gasteiger partial charge is 0.0446 e. The van der Waals surface area contributed by atoms with Crippen molar-refractivity contribution in [1.82, 2.24) is 0 Å². The van der Waals surface area contributed by atoms with E-state index in [9.17, 15) is 0 Å². The molecule has 0 heterocycles. The van der Waals surface area contributed by atoms with E-state index in [1.54, 1.807) is 0 Å². The second-order valence-electron chi connectivity index (χ2n) is 2.75. The Bertz CT molecular complexity index is 74.5. The first-order chi connectivity index (χ1) is 3.77. The van der Waals surface area contributed by atoms with Crippen molar-refractivity contribution in [3.05, 3.63) is 0 Å². The molecule has 0 N–H and O–H groups in total. The molecule has 0 atom stereocenters. The average molecular weight is 133 g/mol. The lowest BCUT2D eigenvalue weighted by atomic mass is 9.81. The zero-order valence-electron chi connectivity index (χ0n) is 5.41. The van der Waals surface area contributed by atoms with Gasteiger partial charge >= 0.3 is 0 Å². The Hall–Kier alpha value is 0.290. The highest BCUT2D eigenvalue weighted by Gasteiger charge is 2.32. The van der Waals surface area contributed by atoms with Crippen molar-refractivity contribution in [2.24, 2.45) is 0 Å². The molecule has 0 nitrogen and oxygen atoms in total. The molecule has 48 valence electrons. The van der Waals surface area contributed by atoms with Crippen LogP contribution in [0.5, 0.6) is 0 Å². The third kappa shape index (κ3) is 1.17. The molecule has 1 fully saturated rings. The molecule has 1 saturated carbocycles. The fourth-order valence-corrected chi connectivity index (χ4v) is 1.71. The Kier molecular flexibility index (Phi) is 1.81. The SMILES string of the molecule is CCCC1(Cl)CCC1. The molecule has 0 spiro atoms. The van der Waals surface area contributed by atoms with E-state index >= 15 is 0 Å². The van der Waals surface area contributed by atoms with Crippen LogP contribution in [-0.4, -0.2) is 4.87 Å². The van der Waals surface area contributed by atoms with Crippen LogP contribution in [0.1, 0.15) is 39.0 Å². The first-order valence-corrected chi connectivity index (χ1v) is 3.83. The standard InChI is InChI=1S/C7H13Cl/c1-2-4-7(8)5-3-6-7/h2-6H2,1H3. The van der Waals surface area contributed by atoms with E-state index in [-0.39, 0.29) is 4.87 Å². The lowest BCUT2D eigenvalue weighted by Gasteiger charge is -2.35. The molecule has 0 radical (unpaired) electrons. The Morgan fingerprint density at radius 1 is 1.50 bits per heavy atom. The number of halogens is 1. The van der Waals surface area contributed by atoms with Gasteiger partial charge in [0.05, 0.1) is 0 Å². The summed E-state index contributed by atoms with van der Waals surface area (Å²) in [6.45, 7) is 2.20. The minimum absolute atomic E-state index is 0.245. The van der Waals surface area contributed by atoms with Crippen LogP contribution in [0.2, 0.25) is 0 Å². The van der Waals surface area contributed by atoms with Crippen LogP contribution < -0.4 is 0 Å². The van der Waals surface area contributed by atoms with Crippen molar-refractivity contribution < 1.29 is 0 Å². The lowest BCUT2D eigenvalue weighted by molar-refractivity contribution is 0.330. The molecular weight excluding hydrogens is 120 g/mol. The fraction of sp³-hybridized carbons (Fsp3) is 1.00. The molecule has 0 aliphatic heterocycles. The largest absolute Gasteiger partial charge is 0.119 e. The summed E-state index contributed by atoms with van der Waals surface area (Å²) in [7, 11) is 0. The number of rotatable bonds is 2. The summed E-state index contributed by atoms with van der Waals surface area (Å²) in [4.78, 5) is 0.245. The average Bonchev–Trinajstić information content (AvgIpc) is 1.64. The van der Waals surface area contributed by atoms with E-state index in [2.05, 4.69) is 6.92 Å². The van der Waals surface area contributed by atoms with Crippen LogP contribution in [0.4, 0.5) is 0 Å². The van der Waals surface area contributed by atoms with E-state index in [4.69, 9.17) is 11.6 Å². The second-order valence-corrected chi connectivity index (χ2v) is 3.56. The van der Waals surface area contributed by atoms with Crippen LogP contribution in [0.15, 0.2) is 0 Å². The highest BCUT2D eigenvalue weighted by molar-refractivity contribution is 6.24. The molecule has 1 rings (SSSR count). The van der Waals surface area contributed by atoms with Crippen molar-refractivity contribution in [3.8, 4) is 0 Å². The third-order valence-corrected chi connectivity index (χ3v) is 2.51. The van der Waals surface area contributed by atoms with Crippen molar-refractivity contribution >= 4 is 11.6 Å². The summed E-state index contributed by atoms with van der Waals surface area (Å²) in [6, 6.07) is 0. The van der Waals surface area contributed by atoms with Crippen molar-refractivity contribution in [3.63, 3.8) is 0 Å². The van der Waals surface area contributed by atoms with Crippen molar-refractivity contribution in [2.75, 3.05) is 0 Å². The Labute approximate surface area is 56.2 Å². The van der Waals surface area contributed by atoms with Crippen LogP contribution in [0.25, 0.3) is 0 Å². The monoisotopic (exact) mass is 132 g/mol. The second kappa shape index (κ2) is 2.26. The van der Waals surface area contributed by atoms with Crippen LogP contribution in [0, 0.1) is 0 Å². The summed E-state index contributed by atoms with van der Waals surface area (Å²) in [6.07, 6.45) is 6.31. The predicted molar refractivity (Wildman–Crippen MR) is 37.3 cm³/mol. The highest BCUT2D eigenvalue weighted by Crippen LogP contribution is 2.41. The molecule has 1 aliphatic carbocycles. The molecule has 0 bridgehead atoms. The predicted octanol–water partition coefficient (Wildman–Crippen LogP) is 2.95. The van der Waals surface area contributed by atoms with Crippen LogP contribution in [-0.2, 0) is 0 Å². The lowest BCUT2D eigenvalue weighted by Crippen LogP contribution is -2.29. The number of hydrogen-bond acceptors (Lipinski definition) is 0. The van der Waals surface area contributed by atoms with E-state index in [1.165, 1.54) is 32.1 Å². The van der Waals surface area contributed by atoms with E-state index < -0.39 is 0 Å². The molecule has 0 aromatic rings. The molecule has 0 aromatic carbocycles. The van der Waals surface area contributed by atoms with Gasteiger partial charge in [0, 0.05) is 4.87 Å². The number of hydrogen-bond donors (Lipinski definition) is 0. The van der Waals surface area contributed by atoms with Gasteiger partial charge in [-0.2, -0.15) is 0 Å². The summed E-state index contributed by atoms with van der Waals surface area (Å²) < 4.78 is 0. The van der Waals surface area contributed by atoms with E-state index in [0.717, 1.165) is 0 Å². The quantitative estimate of drug-likeness (QED) is 0.507. The zero-order valence-corrected chi connectivity index (χ0v) is 6.17. The summed E-state index contributed by atoms with van der Waals surface area (Å²) in [5, 5.41) is 0. The maximum atomic E-state index is 6.11. The fourth-order valence-electron chi connectivity index (χ4n) is 1.26. The first kappa shape index (κ1) is 6.41. The number of alkyl halides is 1. The molecule has 8 heavy (non-hydrogen) atoms. The maximum Gasteiger partial charge on any atom is 0.0446 e. The van der Waals surface area contributed by atoms with Gasteiger partial charge in [-0.3, -0.25) is 0 Å². The summed E-state index contributed by atoms with van der Waals surface area (Å²) in [5.41, 5.74) is 0. The van der Waals surface area contributed by atoms with Gasteiger partial charge in [-0.15, -0.1) is 11.6 Å². The van der Waals surface area contributed by atoms with Gasteiger partial charge < -0.3 is 0 Å². The molecular formula is C7H13Cl. The molecule has 0 unspecified atom stereocenters. The van der Waals surface area contributed by atoms with Gasteiger partial charge in [0.2, 0.25) is 0 Å². The van der Waals surface area contributed by atoms with E-state index in [0.29, 0.717) is 0 Å². The Morgan fingerprint density at radius 3 is 2.25 bits per heavy atom. The Morgan fingerprint density at radius 2 is 2.12 bits per heavy atom. The van der Waals surface area contributed by atoms with Gasteiger partial charge in [0.1, 0.15) is 0 Å². The summed E-state index contributed by atoms with van der Waals surface area (Å²) in [5.74, 6) is 0. The highest BCUT2D eigenvalue weighted by atomic mass is 35.5. The van der Waals surface area contributed by atoms with Crippen LogP contribution >= 0.6 is 11.6 Å². The summed E-state index contributed by atoms with van der Waals surface area (Å²) >= 11 is 6.11. The first-order valence-electron chi connectivity index (χ1n) is 3.46. The van der Waals surface area contributed by atoms with Gasteiger partial charge in [0.15, 0.2) is 0 Å².